The van der Waals surface area contributed by atoms with Crippen LogP contribution < -0.4 is 0 Å². The van der Waals surface area contributed by atoms with E-state index < -0.39 is 0 Å². The van der Waals surface area contributed by atoms with Gasteiger partial charge in [-0.25, -0.2) is 0 Å². The molecule has 0 unspecified atom stereocenters. The maximum atomic E-state index is 5.11. The van der Waals surface area contributed by atoms with Gasteiger partial charge in [0.25, 0.3) is 0 Å². The molecule has 52 valence electrons. The van der Waals surface area contributed by atoms with E-state index in [1.165, 1.54) is 6.26 Å². The molecule has 0 bridgehead atoms. The fourth-order valence-electron chi connectivity index (χ4n) is 0.674. The molecule has 0 aliphatic heterocycles. The van der Waals surface area contributed by atoms with Crippen molar-refractivity contribution in [2.75, 3.05) is 7.11 Å². The Kier molecular flexibility index (Phi) is 2.14. The van der Waals surface area contributed by atoms with Crippen LogP contribution in [0.4, 0.5) is 0 Å². The minimum absolute atomic E-state index is 0.474. The molecule has 1 rings (SSSR count). The van der Waals surface area contributed by atoms with Crippen molar-refractivity contribution in [2.45, 2.75) is 6.61 Å². The predicted octanol–water partition coefficient (Wildman–Crippen LogP) is 1.41. The van der Waals surface area contributed by atoms with Gasteiger partial charge in [0.2, 0.25) is 0 Å². The lowest BCUT2D eigenvalue weighted by molar-refractivity contribution is 0.164. The van der Waals surface area contributed by atoms with Crippen LogP contribution >= 0.6 is 0 Å². The number of methoxy groups -OCH3 is 1. The summed E-state index contributed by atoms with van der Waals surface area (Å²) in [6.07, 6.45) is 6.64. The highest BCUT2D eigenvalue weighted by Crippen LogP contribution is 2.06. The molecule has 0 aromatic carbocycles. The third-order valence-electron chi connectivity index (χ3n) is 1.11. The van der Waals surface area contributed by atoms with Gasteiger partial charge in [-0.05, 0) is 6.07 Å². The molecule has 1 aromatic rings. The molecular weight excluding hydrogens is 128 g/mol. The van der Waals surface area contributed by atoms with Crippen LogP contribution in [0.5, 0.6) is 0 Å². The Bertz CT molecular complexity index is 242. The summed E-state index contributed by atoms with van der Waals surface area (Å²) in [5.74, 6) is 3.22. The van der Waals surface area contributed by atoms with Crippen LogP contribution in [0.1, 0.15) is 11.3 Å². The van der Waals surface area contributed by atoms with Gasteiger partial charge in [0.05, 0.1) is 5.56 Å². The Balaban J connectivity index is 2.71. The molecule has 10 heavy (non-hydrogen) atoms. The Hall–Kier alpha value is -1.20. The van der Waals surface area contributed by atoms with Gasteiger partial charge in [-0.1, -0.05) is 5.92 Å². The maximum absolute atomic E-state index is 5.11. The van der Waals surface area contributed by atoms with Crippen LogP contribution in [0.2, 0.25) is 0 Å². The van der Waals surface area contributed by atoms with Crippen LogP contribution in [0.3, 0.4) is 0 Å². The molecule has 2 nitrogen and oxygen atoms in total. The van der Waals surface area contributed by atoms with E-state index in [1.54, 1.807) is 13.2 Å². The predicted molar refractivity (Wildman–Crippen MR) is 37.4 cm³/mol. The zero-order valence-corrected chi connectivity index (χ0v) is 5.76. The van der Waals surface area contributed by atoms with E-state index in [1.807, 2.05) is 0 Å². The van der Waals surface area contributed by atoms with E-state index in [0.717, 1.165) is 11.3 Å². The Morgan fingerprint density at radius 2 is 2.60 bits per heavy atom. The molecule has 0 N–H and O–H groups in total. The first kappa shape index (κ1) is 6.91. The SMILES string of the molecule is C#Cc1coc(COC)c1. The van der Waals surface area contributed by atoms with Gasteiger partial charge in [-0.2, -0.15) is 0 Å². The molecule has 0 aliphatic carbocycles. The van der Waals surface area contributed by atoms with Crippen molar-refractivity contribution in [1.82, 2.24) is 0 Å². The first-order valence-electron chi connectivity index (χ1n) is 2.90. The topological polar surface area (TPSA) is 22.4 Å². The Labute approximate surface area is 59.8 Å². The van der Waals surface area contributed by atoms with Gasteiger partial charge >= 0.3 is 0 Å². The van der Waals surface area contributed by atoms with E-state index in [9.17, 15) is 0 Å². The quantitative estimate of drug-likeness (QED) is 0.573. The van der Waals surface area contributed by atoms with Crippen LogP contribution in [0, 0.1) is 12.3 Å². The number of terminal acetylenes is 1. The van der Waals surface area contributed by atoms with Gasteiger partial charge in [-0.15, -0.1) is 6.42 Å². The van der Waals surface area contributed by atoms with Crippen molar-refractivity contribution >= 4 is 0 Å². The lowest BCUT2D eigenvalue weighted by atomic mass is 10.3. The number of hydrogen-bond acceptors (Lipinski definition) is 2. The molecule has 2 heteroatoms. The molecule has 0 atom stereocenters. The molecule has 0 saturated carbocycles. The Morgan fingerprint density at radius 3 is 3.10 bits per heavy atom. The van der Waals surface area contributed by atoms with Crippen molar-refractivity contribution in [3.8, 4) is 12.3 Å². The fourth-order valence-corrected chi connectivity index (χ4v) is 0.674. The standard InChI is InChI=1S/C8H8O2/c1-3-7-4-8(6-9-2)10-5-7/h1,4-5H,6H2,2H3. The smallest absolute Gasteiger partial charge is 0.130 e. The highest BCUT2D eigenvalue weighted by molar-refractivity contribution is 5.29. The highest BCUT2D eigenvalue weighted by atomic mass is 16.5. The summed E-state index contributed by atoms with van der Waals surface area (Å²) in [5.41, 5.74) is 0.757. The second-order valence-corrected chi connectivity index (χ2v) is 1.88. The molecule has 0 spiro atoms. The molecule has 0 saturated heterocycles. The van der Waals surface area contributed by atoms with Crippen molar-refractivity contribution in [3.05, 3.63) is 23.7 Å². The van der Waals surface area contributed by atoms with Crippen molar-refractivity contribution in [1.29, 1.82) is 0 Å². The second-order valence-electron chi connectivity index (χ2n) is 1.88. The lowest BCUT2D eigenvalue weighted by Crippen LogP contribution is -1.81. The number of hydrogen-bond donors (Lipinski definition) is 0. The van der Waals surface area contributed by atoms with Crippen LogP contribution in [-0.2, 0) is 11.3 Å². The normalized spacial score (nSPS) is 9.20. The average Bonchev–Trinajstić information content (AvgIpc) is 2.37. The summed E-state index contributed by atoms with van der Waals surface area (Å²) < 4.78 is 9.85. The third-order valence-corrected chi connectivity index (χ3v) is 1.11. The average molecular weight is 136 g/mol. The summed E-state index contributed by atoms with van der Waals surface area (Å²) >= 11 is 0. The monoisotopic (exact) mass is 136 g/mol. The summed E-state index contributed by atoms with van der Waals surface area (Å²) in [6, 6.07) is 1.78. The minimum Gasteiger partial charge on any atom is -0.466 e. The van der Waals surface area contributed by atoms with E-state index in [4.69, 9.17) is 15.6 Å². The van der Waals surface area contributed by atoms with Crippen molar-refractivity contribution < 1.29 is 9.15 Å². The molecule has 0 aliphatic rings. The summed E-state index contributed by atoms with van der Waals surface area (Å²) in [5, 5.41) is 0. The first-order valence-corrected chi connectivity index (χ1v) is 2.90. The van der Waals surface area contributed by atoms with Crippen molar-refractivity contribution in [2.24, 2.45) is 0 Å². The minimum atomic E-state index is 0.474. The van der Waals surface area contributed by atoms with Gasteiger partial charge in [0.15, 0.2) is 0 Å². The fraction of sp³-hybridized carbons (Fsp3) is 0.250. The largest absolute Gasteiger partial charge is 0.466 e. The second kappa shape index (κ2) is 3.09. The van der Waals surface area contributed by atoms with Crippen molar-refractivity contribution in [3.63, 3.8) is 0 Å². The van der Waals surface area contributed by atoms with E-state index in [0.29, 0.717) is 6.61 Å². The highest BCUT2D eigenvalue weighted by Gasteiger charge is 1.96. The zero-order chi connectivity index (χ0) is 7.40. The van der Waals surface area contributed by atoms with Crippen LogP contribution in [-0.4, -0.2) is 7.11 Å². The summed E-state index contributed by atoms with van der Waals surface area (Å²) in [4.78, 5) is 0. The molecule has 1 heterocycles. The van der Waals surface area contributed by atoms with Gasteiger partial charge < -0.3 is 9.15 Å². The molecular formula is C8H8O2. The number of ether oxygens (including phenoxy) is 1. The number of furan rings is 1. The number of rotatable bonds is 2. The van der Waals surface area contributed by atoms with Crippen LogP contribution in [0.25, 0.3) is 0 Å². The van der Waals surface area contributed by atoms with Gasteiger partial charge in [0, 0.05) is 7.11 Å². The molecule has 0 amide bonds. The van der Waals surface area contributed by atoms with Gasteiger partial charge in [0.1, 0.15) is 18.6 Å². The van der Waals surface area contributed by atoms with E-state index >= 15 is 0 Å². The van der Waals surface area contributed by atoms with Crippen LogP contribution in [0.15, 0.2) is 16.7 Å². The zero-order valence-electron chi connectivity index (χ0n) is 5.76. The molecule has 0 fully saturated rings. The molecule has 1 aromatic heterocycles. The summed E-state index contributed by atoms with van der Waals surface area (Å²) in [7, 11) is 1.61. The van der Waals surface area contributed by atoms with Gasteiger partial charge in [-0.3, -0.25) is 0 Å². The summed E-state index contributed by atoms with van der Waals surface area (Å²) in [6.45, 7) is 0.474. The third kappa shape index (κ3) is 1.40. The first-order chi connectivity index (χ1) is 4.86. The lowest BCUT2D eigenvalue weighted by Gasteiger charge is -1.88. The van der Waals surface area contributed by atoms with E-state index in [-0.39, 0.29) is 0 Å². The Morgan fingerprint density at radius 1 is 1.80 bits per heavy atom. The molecule has 0 radical (unpaired) electrons. The maximum Gasteiger partial charge on any atom is 0.130 e. The van der Waals surface area contributed by atoms with E-state index in [2.05, 4.69) is 5.92 Å².